The lowest BCUT2D eigenvalue weighted by Crippen LogP contribution is -1.82. The van der Waals surface area contributed by atoms with Crippen LogP contribution in [-0.2, 0) is 38.5 Å². The molecule has 576 valence electrons. The summed E-state index contributed by atoms with van der Waals surface area (Å²) < 4.78 is 18.2. The van der Waals surface area contributed by atoms with Gasteiger partial charge in [-0.2, -0.15) is 0 Å². The van der Waals surface area contributed by atoms with Crippen molar-refractivity contribution in [3.63, 3.8) is 0 Å². The molecule has 108 heavy (non-hydrogen) atoms. The molecule has 0 bridgehead atoms. The molecule has 16 aromatic rings. The fourth-order valence-corrected chi connectivity index (χ4v) is 30.0. The Hall–Kier alpha value is -3.60. The van der Waals surface area contributed by atoms with Gasteiger partial charge >= 0.3 is 0 Å². The zero-order valence-corrected chi connectivity index (χ0v) is 75.8. The molecule has 0 aliphatic rings. The highest BCUT2D eigenvalue weighted by atomic mass is 32.1. The first-order valence-corrected chi connectivity index (χ1v) is 52.8. The SMILES string of the molecule is CCCCCCCCc1cc2c(s1)c1cc(CCCCCCCC)sc1c1cc(CCCCCCCC)sc21.CCCCCCCCc1cc2c(s1)c1ccsc1c1cc(CCCCCCCC)sc12.CCCCCCCCc1cc2c3sccc3c3sccc3c2s1.c1cc2c(s1)c1ccsc1c1ccsc21. The summed E-state index contributed by atoms with van der Waals surface area (Å²) >= 11 is 23.8. The topological polar surface area (TPSA) is 0 Å². The van der Waals surface area contributed by atoms with E-state index in [0.717, 1.165) is 0 Å². The van der Waals surface area contributed by atoms with Crippen LogP contribution in [-0.4, -0.2) is 0 Å². The van der Waals surface area contributed by atoms with Crippen LogP contribution < -0.4 is 0 Å². The molecule has 12 heteroatoms. The van der Waals surface area contributed by atoms with E-state index >= 15 is 0 Å². The van der Waals surface area contributed by atoms with E-state index in [1.54, 1.807) is 64.2 Å². The predicted molar refractivity (Wildman–Crippen MR) is 513 cm³/mol. The average Bonchev–Trinajstić information content (AvgIpc) is 1.61. The molecule has 12 aromatic heterocycles. The molecule has 0 N–H and O–H groups in total. The molecule has 12 heterocycles. The molecule has 0 fully saturated rings. The Bertz CT molecular complexity index is 4720. The van der Waals surface area contributed by atoms with Crippen molar-refractivity contribution in [1.82, 2.24) is 0 Å². The number of hydrogen-bond donors (Lipinski definition) is 0. The number of hydrogen-bond acceptors (Lipinski definition) is 12. The summed E-state index contributed by atoms with van der Waals surface area (Å²) in [7, 11) is 0. The highest BCUT2D eigenvalue weighted by molar-refractivity contribution is 7.29. The number of benzene rings is 4. The van der Waals surface area contributed by atoms with E-state index in [0.29, 0.717) is 0 Å². The zero-order valence-electron chi connectivity index (χ0n) is 66.0. The van der Waals surface area contributed by atoms with Crippen molar-refractivity contribution < 1.29 is 0 Å². The van der Waals surface area contributed by atoms with E-state index in [2.05, 4.69) is 203 Å². The molecule has 0 saturated heterocycles. The van der Waals surface area contributed by atoms with Crippen molar-refractivity contribution in [2.45, 2.75) is 311 Å². The summed E-state index contributed by atoms with van der Waals surface area (Å²) in [5.41, 5.74) is 0. The zero-order chi connectivity index (χ0) is 74.2. The van der Waals surface area contributed by atoms with Crippen LogP contribution in [0.1, 0.15) is 302 Å². The second-order valence-electron chi connectivity index (χ2n) is 30.8. The minimum atomic E-state index is 1.25. The highest BCUT2D eigenvalue weighted by Gasteiger charge is 2.21. The lowest BCUT2D eigenvalue weighted by Gasteiger charge is -1.99. The first-order chi connectivity index (χ1) is 53.4. The van der Waals surface area contributed by atoms with Crippen LogP contribution >= 0.6 is 136 Å². The number of fused-ring (bicyclic) bond motifs is 24. The van der Waals surface area contributed by atoms with Crippen molar-refractivity contribution in [3.05, 3.63) is 134 Å². The Morgan fingerprint density at radius 1 is 0.157 bits per heavy atom. The van der Waals surface area contributed by atoms with Gasteiger partial charge in [-0.1, -0.05) is 234 Å². The van der Waals surface area contributed by atoms with Crippen molar-refractivity contribution in [1.29, 1.82) is 0 Å². The first kappa shape index (κ1) is 82.4. The Morgan fingerprint density at radius 3 is 0.481 bits per heavy atom. The Labute approximate surface area is 695 Å². The maximum atomic E-state index is 2.59. The third-order valence-electron chi connectivity index (χ3n) is 22.3. The van der Waals surface area contributed by atoms with Gasteiger partial charge in [0.15, 0.2) is 0 Å². The maximum Gasteiger partial charge on any atom is 0.0447 e. The fraction of sp³-hybridized carbons (Fsp3) is 0.500. The average molecular weight is 1660 g/mol. The molecule has 0 unspecified atom stereocenters. The summed E-state index contributed by atoms with van der Waals surface area (Å²) in [6.45, 7) is 13.8. The van der Waals surface area contributed by atoms with Gasteiger partial charge in [-0.3, -0.25) is 0 Å². The van der Waals surface area contributed by atoms with Crippen LogP contribution in [0.3, 0.4) is 0 Å². The van der Waals surface area contributed by atoms with Crippen molar-refractivity contribution in [2.24, 2.45) is 0 Å². The Balaban J connectivity index is 0.000000133. The first-order valence-electron chi connectivity index (χ1n) is 42.6. The van der Waals surface area contributed by atoms with Gasteiger partial charge in [0.25, 0.3) is 0 Å². The monoisotopic (exact) mass is 1660 g/mol. The summed E-state index contributed by atoms with van der Waals surface area (Å²) in [6.07, 6.45) is 57.3. The molecule has 0 nitrogen and oxygen atoms in total. The number of rotatable bonds is 42. The van der Waals surface area contributed by atoms with Gasteiger partial charge in [-0.25, -0.2) is 0 Å². The summed E-state index contributed by atoms with van der Waals surface area (Å²) in [4.78, 5) is 9.60. The molecule has 0 aliphatic heterocycles. The lowest BCUT2D eigenvalue weighted by molar-refractivity contribution is 0.609. The molecule has 0 radical (unpaired) electrons. The second kappa shape index (κ2) is 43.2. The minimum absolute atomic E-state index is 1.25. The van der Waals surface area contributed by atoms with Gasteiger partial charge < -0.3 is 0 Å². The van der Waals surface area contributed by atoms with E-state index in [1.165, 1.54) is 356 Å². The normalized spacial score (nSPS) is 12.1. The standard InChI is InChI=1S/C36H54S3.C28H38S3.C20H22S3.C12H6S3/c1-4-7-10-13-16-19-22-28-25-31-34(37-28)32-26-29(23-20-17-14-11-8-5-2)39-36(32)33-27-30(38-35(31)33)24-21-18-15-12-9-6-3;1-3-5-7-9-11-13-15-21-19-24-26-23(17-18-29-26)27-25(28(24)31-21)20-22(30-27)16-14-12-10-8-6-4-2;1-2-3-4-5-6-7-8-14-13-17-19-15(9-11-22-19)18-16(10-12-21-18)20(17)23-14;1-4-13-10-7(1)11-9(2-5-14-11)12-8(10)3-6-15-12/h25-27H,4-24H2,1-3H3;17-20H,3-16H2,1-2H3;9-13H,2-8H2,1H3;1-6H. The van der Waals surface area contributed by atoms with Crippen LogP contribution in [0.15, 0.2) is 105 Å². The molecule has 0 aliphatic carbocycles. The van der Waals surface area contributed by atoms with Gasteiger partial charge in [0, 0.05) is 150 Å². The van der Waals surface area contributed by atoms with Crippen LogP contribution in [0.4, 0.5) is 0 Å². The molecule has 0 atom stereocenters. The van der Waals surface area contributed by atoms with Crippen LogP contribution in [0.25, 0.3) is 121 Å². The Morgan fingerprint density at radius 2 is 0.296 bits per heavy atom. The second-order valence-corrected chi connectivity index (χ2v) is 43.1. The van der Waals surface area contributed by atoms with E-state index in [-0.39, 0.29) is 0 Å². The lowest BCUT2D eigenvalue weighted by atomic mass is 10.1. The minimum Gasteiger partial charge on any atom is -0.143 e. The summed E-state index contributed by atoms with van der Waals surface area (Å²) in [5.74, 6) is 0. The summed E-state index contributed by atoms with van der Waals surface area (Å²) in [6, 6.07) is 29.0. The van der Waals surface area contributed by atoms with Crippen LogP contribution in [0, 0.1) is 0 Å². The highest BCUT2D eigenvalue weighted by Crippen LogP contribution is 2.50. The van der Waals surface area contributed by atoms with E-state index in [4.69, 9.17) is 0 Å². The number of aryl methyl sites for hydroxylation is 6. The molecular weight excluding hydrogens is 1540 g/mol. The van der Waals surface area contributed by atoms with Crippen molar-refractivity contribution in [3.8, 4) is 0 Å². The third kappa shape index (κ3) is 20.9. The van der Waals surface area contributed by atoms with Crippen LogP contribution in [0.5, 0.6) is 0 Å². The summed E-state index contributed by atoms with van der Waals surface area (Å²) in [5, 5.41) is 31.3. The quantitative estimate of drug-likeness (QED) is 0.0335. The molecule has 0 amide bonds. The fourth-order valence-electron chi connectivity index (χ4n) is 16.3. The molecule has 4 aromatic carbocycles. The molecule has 0 spiro atoms. The third-order valence-corrected chi connectivity index (χ3v) is 35.3. The molecule has 0 saturated carbocycles. The van der Waals surface area contributed by atoms with E-state index in [1.807, 2.05) is 79.4 Å². The predicted octanol–water partition coefficient (Wildman–Crippen LogP) is 38.7. The van der Waals surface area contributed by atoms with Crippen molar-refractivity contribution in [2.75, 3.05) is 0 Å². The number of unbranched alkanes of at least 4 members (excludes halogenated alkanes) is 30. The van der Waals surface area contributed by atoms with Gasteiger partial charge in [-0.05, 0) is 182 Å². The van der Waals surface area contributed by atoms with E-state index in [9.17, 15) is 0 Å². The number of thiophene rings is 12. The molecular formula is C96H120S12. The largest absolute Gasteiger partial charge is 0.143 e. The van der Waals surface area contributed by atoms with E-state index < -0.39 is 0 Å². The van der Waals surface area contributed by atoms with Gasteiger partial charge in [0.2, 0.25) is 0 Å². The smallest absolute Gasteiger partial charge is 0.0447 e. The maximum absolute atomic E-state index is 2.59. The van der Waals surface area contributed by atoms with Gasteiger partial charge in [0.1, 0.15) is 0 Å². The van der Waals surface area contributed by atoms with Gasteiger partial charge in [-0.15, -0.1) is 136 Å². The van der Waals surface area contributed by atoms with Crippen molar-refractivity contribution >= 4 is 257 Å². The van der Waals surface area contributed by atoms with Crippen LogP contribution in [0.2, 0.25) is 0 Å². The van der Waals surface area contributed by atoms with Gasteiger partial charge in [0.05, 0.1) is 0 Å². The molecule has 16 rings (SSSR count). The Kier molecular flexibility index (Phi) is 33.0.